The lowest BCUT2D eigenvalue weighted by Crippen LogP contribution is -2.61. The third-order valence-electron chi connectivity index (χ3n) is 13.2. The topological polar surface area (TPSA) is 385 Å². The van der Waals surface area contributed by atoms with Crippen molar-refractivity contribution in [3.63, 3.8) is 0 Å². The van der Waals surface area contributed by atoms with Crippen molar-refractivity contribution in [3.8, 4) is 5.75 Å². The van der Waals surface area contributed by atoms with Crippen LogP contribution in [-0.4, -0.2) is 177 Å². The minimum atomic E-state index is -2.02. The van der Waals surface area contributed by atoms with E-state index in [-0.39, 0.29) is 126 Å². The summed E-state index contributed by atoms with van der Waals surface area (Å²) in [5.74, 6) is -6.61. The predicted octanol–water partition coefficient (Wildman–Crippen LogP) is 0.145. The van der Waals surface area contributed by atoms with Crippen LogP contribution >= 0.6 is 11.6 Å². The molecular weight excluding hydrogens is 1090 g/mol. The highest BCUT2D eigenvalue weighted by molar-refractivity contribution is 6.31. The Morgan fingerprint density at radius 1 is 0.840 bits per heavy atom. The minimum Gasteiger partial charge on any atom is -0.479 e. The standard InChI is InChI=1S/C52H59ClN8O20/c1-59(18-20-77-19-15-29-7-8-31(23-34(29)53)57-51(75)56-24-27-5-9-32-30(21-27)25-60(48(32)72)35-10-12-38(63)58-47(35)71)52(76)78-26-28-6-11-36(79-50-44(69)42(67)43(68)45(80-50)49(73)74)33(22-28)46(70)55-17-16-54-37(62)3-2-4-41(66)81-61-39(64)13-14-40(61)65/h5-9,11,21-23,35,42-45,50,67-69H,2-4,10,12-20,24-26H2,1H3,(H,54,62)(H,55,70)(H,73,74)(H2,56,57,75)(H,58,63,71)/t35?,42-,43-,44+,45-,50+/m0/s1. The molecule has 9 N–H and O–H groups in total. The van der Waals surface area contributed by atoms with Crippen LogP contribution in [0.1, 0.15) is 87.9 Å². The second-order valence-electron chi connectivity index (χ2n) is 19.0. The van der Waals surface area contributed by atoms with Gasteiger partial charge in [0, 0.05) is 88.1 Å². The van der Waals surface area contributed by atoms with Crippen molar-refractivity contribution in [2.24, 2.45) is 0 Å². The number of nitrogens with zero attached hydrogens (tertiary/aromatic N) is 3. The first-order chi connectivity index (χ1) is 38.7. The maximum atomic E-state index is 13.6. The Morgan fingerprint density at radius 2 is 1.58 bits per heavy atom. The number of fused-ring (bicyclic) bond motifs is 1. The van der Waals surface area contributed by atoms with Crippen LogP contribution in [0.15, 0.2) is 54.6 Å². The minimum absolute atomic E-state index is 0.0179. The lowest BCUT2D eigenvalue weighted by Gasteiger charge is -2.38. The van der Waals surface area contributed by atoms with E-state index in [0.717, 1.165) is 11.1 Å². The number of piperidine rings is 1. The number of anilines is 1. The number of carboxylic acids is 1. The van der Waals surface area contributed by atoms with Gasteiger partial charge in [-0.15, -0.1) is 5.06 Å². The molecule has 0 radical (unpaired) electrons. The number of likely N-dealkylation sites (N-methyl/N-ethyl adjacent to an activating group) is 1. The number of benzene rings is 3. The van der Waals surface area contributed by atoms with Gasteiger partial charge in [0.15, 0.2) is 6.10 Å². The second-order valence-corrected chi connectivity index (χ2v) is 19.4. The number of aliphatic hydroxyl groups is 3. The molecule has 81 heavy (non-hydrogen) atoms. The van der Waals surface area contributed by atoms with Gasteiger partial charge in [-0.3, -0.25) is 38.9 Å². The quantitative estimate of drug-likeness (QED) is 0.0426. The number of carboxylic acid groups (broad SMARTS) is 1. The SMILES string of the molecule is CN(CCOCCc1ccc(NC(=O)NCc2ccc3c(c2)CN(C2CCC(=O)NC2=O)C3=O)cc1Cl)C(=O)OCc1ccc(O[C@@H]2O[C@H](C(=O)O)[C@@H](O)[C@H](O)[C@H]2O)c(C(=O)NCCNC(=O)CCCC(=O)ON2C(=O)CCC2=O)c1. The van der Waals surface area contributed by atoms with Gasteiger partial charge in [0.2, 0.25) is 24.0 Å². The number of carbonyl (C=O) groups is 11. The number of urea groups is 1. The molecule has 7 rings (SSSR count). The summed E-state index contributed by atoms with van der Waals surface area (Å²) in [6.07, 6.45) is -10.4. The number of aliphatic hydroxyl groups excluding tert-OH is 3. The fourth-order valence-corrected chi connectivity index (χ4v) is 9.01. The summed E-state index contributed by atoms with van der Waals surface area (Å²) < 4.78 is 22.1. The van der Waals surface area contributed by atoms with Crippen LogP contribution in [0, 0.1) is 0 Å². The van der Waals surface area contributed by atoms with Crippen LogP contribution in [0.5, 0.6) is 5.75 Å². The highest BCUT2D eigenvalue weighted by atomic mass is 35.5. The molecule has 3 fully saturated rings. The fraction of sp³-hybridized carbons (Fsp3) is 0.442. The molecule has 434 valence electrons. The summed E-state index contributed by atoms with van der Waals surface area (Å²) in [7, 11) is 1.47. The number of imide groups is 2. The summed E-state index contributed by atoms with van der Waals surface area (Å²) in [5, 5.41) is 54.2. The van der Waals surface area contributed by atoms with E-state index in [1.54, 1.807) is 36.4 Å². The third kappa shape index (κ3) is 16.0. The Hall–Kier alpha value is -8.28. The Labute approximate surface area is 466 Å². The van der Waals surface area contributed by atoms with Crippen molar-refractivity contribution in [3.05, 3.63) is 93.0 Å². The third-order valence-corrected chi connectivity index (χ3v) is 13.5. The van der Waals surface area contributed by atoms with Gasteiger partial charge in [-0.1, -0.05) is 35.9 Å². The molecule has 1 unspecified atom stereocenters. The molecule has 0 spiro atoms. The van der Waals surface area contributed by atoms with Gasteiger partial charge in [0.1, 0.15) is 36.7 Å². The average Bonchev–Trinajstić information content (AvgIpc) is 4.19. The number of carbonyl (C=O) groups excluding carboxylic acids is 10. The molecule has 6 atom stereocenters. The van der Waals surface area contributed by atoms with Gasteiger partial charge in [0.25, 0.3) is 23.6 Å². The average molecular weight is 1150 g/mol. The van der Waals surface area contributed by atoms with Crippen molar-refractivity contribution >= 4 is 82.7 Å². The zero-order valence-corrected chi connectivity index (χ0v) is 44.3. The van der Waals surface area contributed by atoms with Crippen LogP contribution in [-0.2, 0) is 78.7 Å². The van der Waals surface area contributed by atoms with Gasteiger partial charge in [-0.25, -0.2) is 19.2 Å². The maximum absolute atomic E-state index is 13.6. The van der Waals surface area contributed by atoms with E-state index in [9.17, 15) is 73.2 Å². The number of ether oxygens (including phenoxy) is 4. The first-order valence-corrected chi connectivity index (χ1v) is 25.9. The van der Waals surface area contributed by atoms with Crippen LogP contribution in [0.3, 0.4) is 0 Å². The Bertz CT molecular complexity index is 2930. The van der Waals surface area contributed by atoms with E-state index < -0.39 is 90.3 Å². The highest BCUT2D eigenvalue weighted by Gasteiger charge is 2.48. The predicted molar refractivity (Wildman–Crippen MR) is 275 cm³/mol. The first kappa shape index (κ1) is 60.4. The molecule has 3 aromatic rings. The van der Waals surface area contributed by atoms with E-state index in [2.05, 4.69) is 26.6 Å². The number of nitrogens with one attached hydrogen (secondary N) is 5. The molecule has 3 aromatic carbocycles. The molecule has 0 aromatic heterocycles. The zero-order chi connectivity index (χ0) is 58.5. The normalized spacial score (nSPS) is 20.5. The monoisotopic (exact) mass is 1150 g/mol. The van der Waals surface area contributed by atoms with Crippen LogP contribution in [0.4, 0.5) is 15.3 Å². The fourth-order valence-electron chi connectivity index (χ4n) is 8.74. The number of amides is 10. The Morgan fingerprint density at radius 3 is 2.31 bits per heavy atom. The number of rotatable bonds is 24. The maximum Gasteiger partial charge on any atom is 0.409 e. The number of halogens is 1. The van der Waals surface area contributed by atoms with Crippen LogP contribution < -0.4 is 31.3 Å². The van der Waals surface area contributed by atoms with E-state index in [1.165, 1.54) is 35.0 Å². The zero-order valence-electron chi connectivity index (χ0n) is 43.5. The molecule has 0 saturated carbocycles. The Balaban J connectivity index is 0.830. The van der Waals surface area contributed by atoms with Crippen molar-refractivity contribution < 1.29 is 97.0 Å². The Kier molecular flexibility index (Phi) is 20.7. The van der Waals surface area contributed by atoms with Gasteiger partial charge in [-0.2, -0.15) is 0 Å². The lowest BCUT2D eigenvalue weighted by atomic mass is 9.99. The van der Waals surface area contributed by atoms with Crippen molar-refractivity contribution in [1.29, 1.82) is 0 Å². The van der Waals surface area contributed by atoms with Crippen LogP contribution in [0.2, 0.25) is 5.02 Å². The molecule has 3 saturated heterocycles. The van der Waals surface area contributed by atoms with E-state index >= 15 is 0 Å². The van der Waals surface area contributed by atoms with Crippen molar-refractivity contribution in [2.45, 2.75) is 108 Å². The summed E-state index contributed by atoms with van der Waals surface area (Å²) in [5.41, 5.74) is 3.05. The van der Waals surface area contributed by atoms with E-state index in [1.807, 2.05) is 0 Å². The summed E-state index contributed by atoms with van der Waals surface area (Å²) >= 11 is 6.53. The molecule has 4 heterocycles. The highest BCUT2D eigenvalue weighted by Crippen LogP contribution is 2.30. The second kappa shape index (κ2) is 27.7. The summed E-state index contributed by atoms with van der Waals surface area (Å²) in [6, 6.07) is 12.8. The molecule has 4 aliphatic heterocycles. The lowest BCUT2D eigenvalue weighted by molar-refractivity contribution is -0.271. The molecule has 0 bridgehead atoms. The van der Waals surface area contributed by atoms with E-state index in [4.69, 9.17) is 35.4 Å². The molecule has 29 heteroatoms. The van der Waals surface area contributed by atoms with Gasteiger partial charge < -0.3 is 75.3 Å². The van der Waals surface area contributed by atoms with E-state index in [0.29, 0.717) is 33.3 Å². The largest absolute Gasteiger partial charge is 0.479 e. The van der Waals surface area contributed by atoms with Crippen molar-refractivity contribution in [1.82, 2.24) is 36.1 Å². The van der Waals surface area contributed by atoms with Gasteiger partial charge in [0.05, 0.1) is 18.8 Å². The number of hydrogen-bond acceptors (Lipinski definition) is 19. The molecule has 0 aliphatic carbocycles. The molecular formula is C52H59ClN8O20. The first-order valence-electron chi connectivity index (χ1n) is 25.6. The number of hydroxylamine groups is 2. The van der Waals surface area contributed by atoms with Crippen LogP contribution in [0.25, 0.3) is 0 Å². The molecule has 10 amide bonds. The molecule has 28 nitrogen and oxygen atoms in total. The summed E-state index contributed by atoms with van der Waals surface area (Å²) in [6.45, 7) is 0.121. The number of aliphatic carboxylic acids is 1. The smallest absolute Gasteiger partial charge is 0.409 e. The van der Waals surface area contributed by atoms with Crippen molar-refractivity contribution in [2.75, 3.05) is 45.2 Å². The van der Waals surface area contributed by atoms with Gasteiger partial charge >= 0.3 is 24.1 Å². The number of hydrogen-bond donors (Lipinski definition) is 9. The van der Waals surface area contributed by atoms with Gasteiger partial charge in [-0.05, 0) is 71.8 Å². The summed E-state index contributed by atoms with van der Waals surface area (Å²) in [4.78, 5) is 143. The molecule has 4 aliphatic rings.